The van der Waals surface area contributed by atoms with Crippen LogP contribution in [-0.2, 0) is 9.84 Å². The van der Waals surface area contributed by atoms with Crippen molar-refractivity contribution in [3.8, 4) is 0 Å². The maximum Gasteiger partial charge on any atom is 0.272 e. The number of amides is 1. The summed E-state index contributed by atoms with van der Waals surface area (Å²) in [6.45, 7) is 2.33. The van der Waals surface area contributed by atoms with Crippen LogP contribution in [0.4, 0.5) is 5.95 Å². The first-order chi connectivity index (χ1) is 12.0. The van der Waals surface area contributed by atoms with Gasteiger partial charge in [-0.15, -0.1) is 0 Å². The number of aromatic nitrogens is 2. The molecule has 1 saturated heterocycles. The van der Waals surface area contributed by atoms with E-state index < -0.39 is 9.84 Å². The van der Waals surface area contributed by atoms with Crippen molar-refractivity contribution in [3.05, 3.63) is 18.0 Å². The second-order valence-electron chi connectivity index (χ2n) is 6.89. The minimum absolute atomic E-state index is 0.0465. The molecule has 1 atom stereocenters. The van der Waals surface area contributed by atoms with Crippen LogP contribution in [0.5, 0.6) is 0 Å². The first-order valence-corrected chi connectivity index (χ1v) is 10.9. The van der Waals surface area contributed by atoms with Crippen molar-refractivity contribution in [2.24, 2.45) is 0 Å². The number of sulfone groups is 1. The smallest absolute Gasteiger partial charge is 0.272 e. The van der Waals surface area contributed by atoms with Gasteiger partial charge in [-0.1, -0.05) is 19.3 Å². The van der Waals surface area contributed by atoms with E-state index in [9.17, 15) is 13.2 Å². The van der Waals surface area contributed by atoms with Crippen molar-refractivity contribution in [2.75, 3.05) is 23.4 Å². The van der Waals surface area contributed by atoms with E-state index in [1.54, 1.807) is 17.2 Å². The van der Waals surface area contributed by atoms with Crippen LogP contribution in [0.3, 0.4) is 0 Å². The largest absolute Gasteiger partial charge is 0.351 e. The molecule has 1 aliphatic carbocycles. The van der Waals surface area contributed by atoms with Gasteiger partial charge in [-0.05, 0) is 32.3 Å². The van der Waals surface area contributed by atoms with Gasteiger partial charge in [-0.2, -0.15) is 0 Å². The van der Waals surface area contributed by atoms with Gasteiger partial charge in [0.25, 0.3) is 5.91 Å². The van der Waals surface area contributed by atoms with Crippen molar-refractivity contribution in [2.45, 2.75) is 57.5 Å². The molecule has 1 saturated carbocycles. The number of hydrogen-bond donors (Lipinski definition) is 1. The summed E-state index contributed by atoms with van der Waals surface area (Å²) in [5.41, 5.74) is 0.319. The first kappa shape index (κ1) is 18.1. The van der Waals surface area contributed by atoms with Crippen LogP contribution < -0.4 is 5.32 Å². The molecule has 1 aromatic heterocycles. The van der Waals surface area contributed by atoms with Gasteiger partial charge in [-0.25, -0.2) is 18.4 Å². The number of nitrogens with one attached hydrogen (secondary N) is 1. The lowest BCUT2D eigenvalue weighted by Crippen LogP contribution is -2.41. The standard InChI is InChI=1S/C17H26N4O3S/c1-2-21(14-9-11-25(23,24)12-14)16(22)15-8-10-18-17(20-15)19-13-6-4-3-5-7-13/h8,10,13-14H,2-7,9,11-12H2,1H3,(H,18,19,20). The molecule has 0 bridgehead atoms. The third-order valence-corrected chi connectivity index (χ3v) is 6.81. The van der Waals surface area contributed by atoms with Crippen LogP contribution in [0.25, 0.3) is 0 Å². The van der Waals surface area contributed by atoms with E-state index in [-0.39, 0.29) is 23.5 Å². The Kier molecular flexibility index (Phi) is 5.56. The van der Waals surface area contributed by atoms with E-state index in [1.807, 2.05) is 6.92 Å². The molecule has 7 nitrogen and oxygen atoms in total. The highest BCUT2D eigenvalue weighted by Crippen LogP contribution is 2.21. The number of anilines is 1. The Morgan fingerprint density at radius 1 is 1.28 bits per heavy atom. The van der Waals surface area contributed by atoms with Crippen LogP contribution in [-0.4, -0.2) is 59.3 Å². The summed E-state index contributed by atoms with van der Waals surface area (Å²) in [5.74, 6) is 0.455. The third kappa shape index (κ3) is 4.48. The molecule has 0 spiro atoms. The van der Waals surface area contributed by atoms with E-state index in [4.69, 9.17) is 0 Å². The van der Waals surface area contributed by atoms with Crippen LogP contribution in [0.2, 0.25) is 0 Å². The van der Waals surface area contributed by atoms with Gasteiger partial charge in [0.1, 0.15) is 5.69 Å². The third-order valence-electron chi connectivity index (χ3n) is 5.06. The normalized spacial score (nSPS) is 23.3. The molecule has 2 fully saturated rings. The van der Waals surface area contributed by atoms with Crippen LogP contribution in [0.1, 0.15) is 55.9 Å². The van der Waals surface area contributed by atoms with E-state index in [2.05, 4.69) is 15.3 Å². The monoisotopic (exact) mass is 366 g/mol. The minimum Gasteiger partial charge on any atom is -0.351 e. The molecule has 8 heteroatoms. The summed E-state index contributed by atoms with van der Waals surface area (Å²) in [5, 5.41) is 3.33. The summed E-state index contributed by atoms with van der Waals surface area (Å²) in [6, 6.07) is 1.70. The number of hydrogen-bond acceptors (Lipinski definition) is 6. The molecule has 1 aliphatic heterocycles. The molecular weight excluding hydrogens is 340 g/mol. The van der Waals surface area contributed by atoms with Crippen molar-refractivity contribution < 1.29 is 13.2 Å². The number of rotatable bonds is 5. The SMILES string of the molecule is CCN(C(=O)c1ccnc(NC2CCCCC2)n1)C1CCS(=O)(=O)C1. The molecule has 1 N–H and O–H groups in total. The molecule has 25 heavy (non-hydrogen) atoms. The van der Waals surface area contributed by atoms with Crippen molar-refractivity contribution in [1.82, 2.24) is 14.9 Å². The average Bonchev–Trinajstić information content (AvgIpc) is 2.96. The van der Waals surface area contributed by atoms with Gasteiger partial charge >= 0.3 is 0 Å². The Morgan fingerprint density at radius 3 is 2.68 bits per heavy atom. The number of carbonyl (C=O) groups is 1. The van der Waals surface area contributed by atoms with E-state index in [1.165, 1.54) is 19.3 Å². The minimum atomic E-state index is -3.03. The first-order valence-electron chi connectivity index (χ1n) is 9.09. The summed E-state index contributed by atoms with van der Waals surface area (Å²) in [6.07, 6.45) is 7.97. The molecule has 0 radical (unpaired) electrons. The topological polar surface area (TPSA) is 92.3 Å². The Hall–Kier alpha value is -1.70. The lowest BCUT2D eigenvalue weighted by Gasteiger charge is -2.27. The second-order valence-corrected chi connectivity index (χ2v) is 9.12. The maximum atomic E-state index is 12.8. The van der Waals surface area contributed by atoms with Crippen molar-refractivity contribution >= 4 is 21.7 Å². The second kappa shape index (κ2) is 7.68. The van der Waals surface area contributed by atoms with Crippen molar-refractivity contribution in [3.63, 3.8) is 0 Å². The molecule has 1 amide bonds. The van der Waals surface area contributed by atoms with E-state index >= 15 is 0 Å². The Morgan fingerprint density at radius 2 is 2.04 bits per heavy atom. The zero-order valence-corrected chi connectivity index (χ0v) is 15.5. The lowest BCUT2D eigenvalue weighted by atomic mass is 9.96. The highest BCUT2D eigenvalue weighted by atomic mass is 32.2. The Balaban J connectivity index is 1.71. The van der Waals surface area contributed by atoms with Gasteiger partial charge in [0.15, 0.2) is 9.84 Å². The fourth-order valence-electron chi connectivity index (χ4n) is 3.71. The van der Waals surface area contributed by atoms with Crippen molar-refractivity contribution in [1.29, 1.82) is 0 Å². The summed E-state index contributed by atoms with van der Waals surface area (Å²) in [4.78, 5) is 23.1. The zero-order chi connectivity index (χ0) is 17.9. The maximum absolute atomic E-state index is 12.8. The molecule has 3 rings (SSSR count). The molecule has 1 aromatic rings. The molecule has 0 aromatic carbocycles. The Labute approximate surface area is 149 Å². The number of carbonyl (C=O) groups excluding carboxylic acids is 1. The van der Waals surface area contributed by atoms with Gasteiger partial charge in [0.05, 0.1) is 11.5 Å². The van der Waals surface area contributed by atoms with Gasteiger partial charge in [0, 0.05) is 24.8 Å². The fourth-order valence-corrected chi connectivity index (χ4v) is 5.44. The highest BCUT2D eigenvalue weighted by molar-refractivity contribution is 7.91. The van der Waals surface area contributed by atoms with Gasteiger partial charge < -0.3 is 10.2 Å². The summed E-state index contributed by atoms with van der Waals surface area (Å²) in [7, 11) is -3.03. The van der Waals surface area contributed by atoms with Crippen LogP contribution in [0.15, 0.2) is 12.3 Å². The molecular formula is C17H26N4O3S. The van der Waals surface area contributed by atoms with Crippen LogP contribution in [0, 0.1) is 0 Å². The number of nitrogens with zero attached hydrogens (tertiary/aromatic N) is 3. The highest BCUT2D eigenvalue weighted by Gasteiger charge is 2.34. The summed E-state index contributed by atoms with van der Waals surface area (Å²) >= 11 is 0. The van der Waals surface area contributed by atoms with Gasteiger partial charge in [-0.3, -0.25) is 4.79 Å². The quantitative estimate of drug-likeness (QED) is 0.855. The summed E-state index contributed by atoms with van der Waals surface area (Å²) < 4.78 is 23.4. The zero-order valence-electron chi connectivity index (χ0n) is 14.6. The average molecular weight is 366 g/mol. The van der Waals surface area contributed by atoms with Crippen LogP contribution >= 0.6 is 0 Å². The molecule has 1 unspecified atom stereocenters. The fraction of sp³-hybridized carbons (Fsp3) is 0.706. The molecule has 2 aliphatic rings. The van der Waals surface area contributed by atoms with Gasteiger partial charge in [0.2, 0.25) is 5.95 Å². The molecule has 2 heterocycles. The Bertz CT molecular complexity index is 716. The predicted molar refractivity (Wildman–Crippen MR) is 96.3 cm³/mol. The molecule has 138 valence electrons. The lowest BCUT2D eigenvalue weighted by molar-refractivity contribution is 0.0702. The van der Waals surface area contributed by atoms with E-state index in [0.29, 0.717) is 30.6 Å². The predicted octanol–water partition coefficient (Wildman–Crippen LogP) is 1.87. The van der Waals surface area contributed by atoms with E-state index in [0.717, 1.165) is 12.8 Å².